The minimum Gasteiger partial charge on any atom is -0.495 e. The highest BCUT2D eigenvalue weighted by molar-refractivity contribution is 7.17. The summed E-state index contributed by atoms with van der Waals surface area (Å²) in [4.78, 5) is 18.1. The fourth-order valence-corrected chi connectivity index (χ4v) is 3.22. The molecule has 1 aromatic carbocycles. The van der Waals surface area contributed by atoms with E-state index in [4.69, 9.17) is 9.47 Å². The molecule has 0 bridgehead atoms. The van der Waals surface area contributed by atoms with Crippen LogP contribution in [-0.2, 0) is 0 Å². The van der Waals surface area contributed by atoms with Gasteiger partial charge in [0, 0.05) is 10.9 Å². The Morgan fingerprint density at radius 3 is 2.50 bits per heavy atom. The number of hydrogen-bond acceptors (Lipinski definition) is 5. The maximum Gasteiger partial charge on any atom is 0.269 e. The van der Waals surface area contributed by atoms with Crippen LogP contribution in [0.3, 0.4) is 0 Å². The minimum atomic E-state index is -0.231. The molecule has 0 aliphatic rings. The van der Waals surface area contributed by atoms with Crippen molar-refractivity contribution in [3.8, 4) is 22.1 Å². The molecule has 5 nitrogen and oxygen atoms in total. The molecular formula is C18H16N2O3S. The molecule has 2 aromatic heterocycles. The third-order valence-corrected chi connectivity index (χ3v) is 4.55. The van der Waals surface area contributed by atoms with E-state index in [0.29, 0.717) is 22.2 Å². The standard InChI is InChI=1S/C18H16N2O3S/c1-22-14-10-15(12-6-4-3-5-7-12)24-17(14)18(21)20-13-8-9-16(23-2)19-11-13/h3-11H,1-2H3,(H,20,21). The lowest BCUT2D eigenvalue weighted by Crippen LogP contribution is -2.11. The van der Waals surface area contributed by atoms with Gasteiger partial charge in [-0.2, -0.15) is 0 Å². The van der Waals surface area contributed by atoms with Crippen LogP contribution >= 0.6 is 11.3 Å². The molecule has 0 atom stereocenters. The van der Waals surface area contributed by atoms with Gasteiger partial charge in [-0.1, -0.05) is 30.3 Å². The number of nitrogens with zero attached hydrogens (tertiary/aromatic N) is 1. The number of pyridine rings is 1. The van der Waals surface area contributed by atoms with Crippen molar-refractivity contribution in [1.29, 1.82) is 0 Å². The van der Waals surface area contributed by atoms with Crippen LogP contribution in [0.2, 0.25) is 0 Å². The number of aromatic nitrogens is 1. The highest BCUT2D eigenvalue weighted by Gasteiger charge is 2.18. The van der Waals surface area contributed by atoms with Gasteiger partial charge in [0.2, 0.25) is 5.88 Å². The molecule has 0 spiro atoms. The number of hydrogen-bond donors (Lipinski definition) is 1. The Morgan fingerprint density at radius 2 is 1.88 bits per heavy atom. The molecule has 0 saturated heterocycles. The van der Waals surface area contributed by atoms with E-state index in [1.54, 1.807) is 32.5 Å². The highest BCUT2D eigenvalue weighted by atomic mass is 32.1. The first-order valence-corrected chi connectivity index (χ1v) is 8.07. The van der Waals surface area contributed by atoms with Gasteiger partial charge in [-0.25, -0.2) is 4.98 Å². The number of carbonyl (C=O) groups is 1. The fourth-order valence-electron chi connectivity index (χ4n) is 2.19. The van der Waals surface area contributed by atoms with Gasteiger partial charge in [0.05, 0.1) is 26.1 Å². The second-order valence-corrected chi connectivity index (χ2v) is 5.97. The topological polar surface area (TPSA) is 60.5 Å². The van der Waals surface area contributed by atoms with E-state index in [-0.39, 0.29) is 5.91 Å². The lowest BCUT2D eigenvalue weighted by atomic mass is 10.2. The minimum absolute atomic E-state index is 0.231. The van der Waals surface area contributed by atoms with E-state index in [9.17, 15) is 4.79 Å². The van der Waals surface area contributed by atoms with Crippen molar-refractivity contribution < 1.29 is 14.3 Å². The summed E-state index contributed by atoms with van der Waals surface area (Å²) in [5.41, 5.74) is 1.64. The predicted octanol–water partition coefficient (Wildman–Crippen LogP) is 4.08. The molecule has 0 saturated carbocycles. The Bertz CT molecular complexity index is 829. The maximum absolute atomic E-state index is 12.6. The summed E-state index contributed by atoms with van der Waals surface area (Å²) in [5.74, 6) is 0.817. The van der Waals surface area contributed by atoms with Crippen LogP contribution in [0.5, 0.6) is 11.6 Å². The number of thiophene rings is 1. The molecule has 6 heteroatoms. The summed E-state index contributed by atoms with van der Waals surface area (Å²) in [6.45, 7) is 0. The molecule has 24 heavy (non-hydrogen) atoms. The fraction of sp³-hybridized carbons (Fsp3) is 0.111. The van der Waals surface area contributed by atoms with Crippen molar-refractivity contribution in [3.05, 3.63) is 59.6 Å². The average Bonchev–Trinajstić information content (AvgIpc) is 3.08. The second-order valence-electron chi connectivity index (χ2n) is 4.92. The van der Waals surface area contributed by atoms with Crippen LogP contribution in [0, 0.1) is 0 Å². The van der Waals surface area contributed by atoms with Gasteiger partial charge < -0.3 is 14.8 Å². The van der Waals surface area contributed by atoms with Crippen LogP contribution < -0.4 is 14.8 Å². The Balaban J connectivity index is 1.84. The smallest absolute Gasteiger partial charge is 0.269 e. The molecule has 1 N–H and O–H groups in total. The molecule has 2 heterocycles. The van der Waals surface area contributed by atoms with E-state index < -0.39 is 0 Å². The van der Waals surface area contributed by atoms with E-state index in [1.165, 1.54) is 11.3 Å². The first kappa shape index (κ1) is 16.0. The Morgan fingerprint density at radius 1 is 1.08 bits per heavy atom. The maximum atomic E-state index is 12.6. The van der Waals surface area contributed by atoms with E-state index in [0.717, 1.165) is 10.4 Å². The first-order chi connectivity index (χ1) is 11.7. The predicted molar refractivity (Wildman–Crippen MR) is 95.0 cm³/mol. The van der Waals surface area contributed by atoms with Crippen LogP contribution in [0.4, 0.5) is 5.69 Å². The van der Waals surface area contributed by atoms with Crippen molar-refractivity contribution in [2.75, 3.05) is 19.5 Å². The number of carbonyl (C=O) groups excluding carboxylic acids is 1. The quantitative estimate of drug-likeness (QED) is 0.760. The molecule has 3 rings (SSSR count). The Kier molecular flexibility index (Phi) is 4.77. The zero-order valence-electron chi connectivity index (χ0n) is 13.3. The molecule has 3 aromatic rings. The van der Waals surface area contributed by atoms with Crippen molar-refractivity contribution in [3.63, 3.8) is 0 Å². The summed E-state index contributed by atoms with van der Waals surface area (Å²) in [6, 6.07) is 15.2. The molecule has 0 unspecified atom stereocenters. The summed E-state index contributed by atoms with van der Waals surface area (Å²) < 4.78 is 10.4. The third-order valence-electron chi connectivity index (χ3n) is 3.39. The van der Waals surface area contributed by atoms with Gasteiger partial charge in [-0.3, -0.25) is 4.79 Å². The van der Waals surface area contributed by atoms with Gasteiger partial charge in [0.25, 0.3) is 5.91 Å². The number of benzene rings is 1. The molecule has 0 aliphatic carbocycles. The lowest BCUT2D eigenvalue weighted by Gasteiger charge is -2.05. The largest absolute Gasteiger partial charge is 0.495 e. The number of ether oxygens (including phenoxy) is 2. The monoisotopic (exact) mass is 340 g/mol. The molecule has 1 amide bonds. The zero-order chi connectivity index (χ0) is 16.9. The Labute approximate surface area is 143 Å². The van der Waals surface area contributed by atoms with Crippen LogP contribution in [-0.4, -0.2) is 25.1 Å². The molecule has 122 valence electrons. The van der Waals surface area contributed by atoms with Gasteiger partial charge in [0.1, 0.15) is 10.6 Å². The van der Waals surface area contributed by atoms with E-state index >= 15 is 0 Å². The van der Waals surface area contributed by atoms with Crippen molar-refractivity contribution in [1.82, 2.24) is 4.98 Å². The summed E-state index contributed by atoms with van der Waals surface area (Å²) >= 11 is 1.39. The Hall–Kier alpha value is -2.86. The SMILES string of the molecule is COc1ccc(NC(=O)c2sc(-c3ccccc3)cc2OC)cn1. The van der Waals surface area contributed by atoms with Crippen molar-refractivity contribution in [2.45, 2.75) is 0 Å². The van der Waals surface area contributed by atoms with Crippen LogP contribution in [0.25, 0.3) is 10.4 Å². The number of nitrogens with one attached hydrogen (secondary N) is 1. The third kappa shape index (κ3) is 3.38. The van der Waals surface area contributed by atoms with Gasteiger partial charge in [0.15, 0.2) is 0 Å². The average molecular weight is 340 g/mol. The van der Waals surface area contributed by atoms with Crippen molar-refractivity contribution in [2.24, 2.45) is 0 Å². The number of methoxy groups -OCH3 is 2. The molecule has 0 radical (unpaired) electrons. The molecule has 0 fully saturated rings. The lowest BCUT2D eigenvalue weighted by molar-refractivity contribution is 0.102. The summed E-state index contributed by atoms with van der Waals surface area (Å²) in [6.07, 6.45) is 1.55. The number of anilines is 1. The summed E-state index contributed by atoms with van der Waals surface area (Å²) in [7, 11) is 3.10. The van der Waals surface area contributed by atoms with E-state index in [1.807, 2.05) is 36.4 Å². The highest BCUT2D eigenvalue weighted by Crippen LogP contribution is 2.36. The van der Waals surface area contributed by atoms with Crippen molar-refractivity contribution >= 4 is 22.9 Å². The number of rotatable bonds is 5. The second kappa shape index (κ2) is 7.14. The molecule has 0 aliphatic heterocycles. The zero-order valence-corrected chi connectivity index (χ0v) is 14.1. The molecular weight excluding hydrogens is 324 g/mol. The first-order valence-electron chi connectivity index (χ1n) is 7.26. The van der Waals surface area contributed by atoms with E-state index in [2.05, 4.69) is 10.3 Å². The van der Waals surface area contributed by atoms with Crippen LogP contribution in [0.1, 0.15) is 9.67 Å². The van der Waals surface area contributed by atoms with Gasteiger partial charge >= 0.3 is 0 Å². The van der Waals surface area contributed by atoms with Gasteiger partial charge in [-0.15, -0.1) is 11.3 Å². The number of amides is 1. The normalized spacial score (nSPS) is 10.2. The summed E-state index contributed by atoms with van der Waals surface area (Å²) in [5, 5.41) is 2.82. The van der Waals surface area contributed by atoms with Gasteiger partial charge in [-0.05, 0) is 17.7 Å². The van der Waals surface area contributed by atoms with Crippen LogP contribution in [0.15, 0.2) is 54.7 Å².